The van der Waals surface area contributed by atoms with Crippen LogP contribution >= 0.6 is 0 Å². The van der Waals surface area contributed by atoms with E-state index in [2.05, 4.69) is 39.2 Å². The standard InChI is InChI=1S/C11H21N/c1-8-5-9(2)11(7-12-4)10(3)6-8/h5,9-12H,6-7H2,1-4H3/p+1/t9-,10-,11+/m0/s1. The molecule has 0 spiro atoms. The minimum atomic E-state index is 0.782. The van der Waals surface area contributed by atoms with Crippen LogP contribution in [0.15, 0.2) is 11.6 Å². The van der Waals surface area contributed by atoms with Crippen molar-refractivity contribution in [2.45, 2.75) is 27.2 Å². The second kappa shape index (κ2) is 4.08. The molecule has 1 nitrogen and oxygen atoms in total. The summed E-state index contributed by atoms with van der Waals surface area (Å²) in [5.74, 6) is 2.55. The topological polar surface area (TPSA) is 16.6 Å². The smallest absolute Gasteiger partial charge is 0.0790 e. The van der Waals surface area contributed by atoms with E-state index in [0.29, 0.717) is 0 Å². The van der Waals surface area contributed by atoms with Crippen LogP contribution < -0.4 is 5.32 Å². The Labute approximate surface area is 76.2 Å². The molecule has 1 aliphatic rings. The molecule has 3 atom stereocenters. The molecule has 1 heteroatoms. The fourth-order valence-electron chi connectivity index (χ4n) is 2.54. The minimum Gasteiger partial charge on any atom is -0.348 e. The fraction of sp³-hybridized carbons (Fsp3) is 0.818. The van der Waals surface area contributed by atoms with Crippen molar-refractivity contribution in [3.8, 4) is 0 Å². The summed E-state index contributed by atoms with van der Waals surface area (Å²) in [6.07, 6.45) is 3.76. The Balaban J connectivity index is 2.62. The summed E-state index contributed by atoms with van der Waals surface area (Å²) in [5.41, 5.74) is 1.59. The van der Waals surface area contributed by atoms with Gasteiger partial charge in [-0.15, -0.1) is 0 Å². The van der Waals surface area contributed by atoms with Crippen molar-refractivity contribution in [3.05, 3.63) is 11.6 Å². The van der Waals surface area contributed by atoms with E-state index in [4.69, 9.17) is 0 Å². The lowest BCUT2D eigenvalue weighted by molar-refractivity contribution is -0.635. The number of nitrogens with two attached hydrogens (primary N) is 1. The second-order valence-corrected chi connectivity index (χ2v) is 4.36. The van der Waals surface area contributed by atoms with E-state index < -0.39 is 0 Å². The molecule has 0 aromatic carbocycles. The van der Waals surface area contributed by atoms with Crippen molar-refractivity contribution in [1.82, 2.24) is 0 Å². The van der Waals surface area contributed by atoms with Gasteiger partial charge in [0.1, 0.15) is 0 Å². The summed E-state index contributed by atoms with van der Waals surface area (Å²) >= 11 is 0. The van der Waals surface area contributed by atoms with Gasteiger partial charge in [0.05, 0.1) is 13.6 Å². The zero-order valence-electron chi connectivity index (χ0n) is 8.80. The third-order valence-corrected chi connectivity index (χ3v) is 3.11. The van der Waals surface area contributed by atoms with Gasteiger partial charge in [-0.2, -0.15) is 0 Å². The maximum Gasteiger partial charge on any atom is 0.0790 e. The average molecular weight is 168 g/mol. The van der Waals surface area contributed by atoms with Crippen LogP contribution in [0.2, 0.25) is 0 Å². The van der Waals surface area contributed by atoms with Crippen LogP contribution in [0.25, 0.3) is 0 Å². The molecular formula is C11H22N+. The van der Waals surface area contributed by atoms with Gasteiger partial charge in [0.25, 0.3) is 0 Å². The lowest BCUT2D eigenvalue weighted by Gasteiger charge is -2.31. The SMILES string of the molecule is C[NH2+]C[C@@H]1[C@@H](C)C=C(C)C[C@@H]1C. The molecule has 0 amide bonds. The van der Waals surface area contributed by atoms with Crippen LogP contribution in [-0.2, 0) is 0 Å². The highest BCUT2D eigenvalue weighted by Gasteiger charge is 2.27. The first-order valence-electron chi connectivity index (χ1n) is 5.10. The van der Waals surface area contributed by atoms with Gasteiger partial charge in [-0.05, 0) is 25.2 Å². The van der Waals surface area contributed by atoms with Gasteiger partial charge in [-0.1, -0.05) is 25.5 Å². The Morgan fingerprint density at radius 1 is 1.50 bits per heavy atom. The van der Waals surface area contributed by atoms with E-state index >= 15 is 0 Å². The van der Waals surface area contributed by atoms with Gasteiger partial charge < -0.3 is 5.32 Å². The number of allylic oxidation sites excluding steroid dienone is 2. The lowest BCUT2D eigenvalue weighted by Crippen LogP contribution is -2.82. The first-order chi connectivity index (χ1) is 5.65. The van der Waals surface area contributed by atoms with Crippen LogP contribution in [0.1, 0.15) is 27.2 Å². The summed E-state index contributed by atoms with van der Waals surface area (Å²) in [4.78, 5) is 0. The summed E-state index contributed by atoms with van der Waals surface area (Å²) in [6.45, 7) is 8.29. The van der Waals surface area contributed by atoms with Crippen molar-refractivity contribution >= 4 is 0 Å². The van der Waals surface area contributed by atoms with Crippen molar-refractivity contribution in [2.75, 3.05) is 13.6 Å². The highest BCUT2D eigenvalue weighted by atomic mass is 14.8. The number of rotatable bonds is 2. The summed E-state index contributed by atoms with van der Waals surface area (Å²) in [5, 5.41) is 2.31. The largest absolute Gasteiger partial charge is 0.348 e. The van der Waals surface area contributed by atoms with Crippen molar-refractivity contribution in [2.24, 2.45) is 17.8 Å². The van der Waals surface area contributed by atoms with Gasteiger partial charge in [0, 0.05) is 5.92 Å². The Kier molecular flexibility index (Phi) is 3.33. The molecule has 2 N–H and O–H groups in total. The van der Waals surface area contributed by atoms with E-state index in [1.807, 2.05) is 0 Å². The van der Waals surface area contributed by atoms with Crippen LogP contribution in [-0.4, -0.2) is 13.6 Å². The van der Waals surface area contributed by atoms with Crippen LogP contribution in [0.3, 0.4) is 0 Å². The van der Waals surface area contributed by atoms with E-state index in [1.54, 1.807) is 5.57 Å². The first kappa shape index (κ1) is 9.79. The predicted molar refractivity (Wildman–Crippen MR) is 52.9 cm³/mol. The van der Waals surface area contributed by atoms with Crippen molar-refractivity contribution in [3.63, 3.8) is 0 Å². The normalized spacial score (nSPS) is 36.3. The third kappa shape index (κ3) is 2.10. The van der Waals surface area contributed by atoms with Crippen molar-refractivity contribution < 1.29 is 5.32 Å². The Morgan fingerprint density at radius 3 is 2.67 bits per heavy atom. The molecular weight excluding hydrogens is 146 g/mol. The average Bonchev–Trinajstić information content (AvgIpc) is 1.96. The predicted octanol–water partition coefficient (Wildman–Crippen LogP) is 1.42. The van der Waals surface area contributed by atoms with Crippen LogP contribution in [0, 0.1) is 17.8 Å². The Bertz CT molecular complexity index is 172. The molecule has 1 rings (SSSR count). The zero-order chi connectivity index (χ0) is 9.14. The molecule has 0 heterocycles. The van der Waals surface area contributed by atoms with E-state index in [-0.39, 0.29) is 0 Å². The molecule has 12 heavy (non-hydrogen) atoms. The lowest BCUT2D eigenvalue weighted by atomic mass is 9.75. The molecule has 0 aromatic rings. The monoisotopic (exact) mass is 168 g/mol. The summed E-state index contributed by atoms with van der Waals surface area (Å²) < 4.78 is 0. The van der Waals surface area contributed by atoms with Gasteiger partial charge in [-0.25, -0.2) is 0 Å². The molecule has 0 bridgehead atoms. The minimum absolute atomic E-state index is 0.782. The molecule has 0 radical (unpaired) electrons. The fourth-order valence-corrected chi connectivity index (χ4v) is 2.54. The Morgan fingerprint density at radius 2 is 2.17 bits per heavy atom. The Hall–Kier alpha value is -0.300. The molecule has 0 saturated heterocycles. The van der Waals surface area contributed by atoms with Gasteiger partial charge in [-0.3, -0.25) is 0 Å². The van der Waals surface area contributed by atoms with Crippen molar-refractivity contribution in [1.29, 1.82) is 0 Å². The molecule has 0 aliphatic heterocycles. The van der Waals surface area contributed by atoms with Gasteiger partial charge in [0.15, 0.2) is 0 Å². The molecule has 1 aliphatic carbocycles. The van der Waals surface area contributed by atoms with Gasteiger partial charge >= 0.3 is 0 Å². The van der Waals surface area contributed by atoms with Crippen LogP contribution in [0.4, 0.5) is 0 Å². The van der Waals surface area contributed by atoms with E-state index in [0.717, 1.165) is 17.8 Å². The number of hydrogen-bond acceptors (Lipinski definition) is 0. The summed E-state index contributed by atoms with van der Waals surface area (Å²) in [7, 11) is 2.17. The molecule has 0 saturated carbocycles. The van der Waals surface area contributed by atoms with Gasteiger partial charge in [0.2, 0.25) is 0 Å². The molecule has 0 aromatic heterocycles. The molecule has 0 unspecified atom stereocenters. The number of hydrogen-bond donors (Lipinski definition) is 1. The van der Waals surface area contributed by atoms with E-state index in [9.17, 15) is 0 Å². The maximum absolute atomic E-state index is 2.45. The number of quaternary nitrogens is 1. The highest BCUT2D eigenvalue weighted by Crippen LogP contribution is 2.32. The molecule has 0 fully saturated rings. The first-order valence-corrected chi connectivity index (χ1v) is 5.10. The highest BCUT2D eigenvalue weighted by molar-refractivity contribution is 5.07. The third-order valence-electron chi connectivity index (χ3n) is 3.11. The quantitative estimate of drug-likeness (QED) is 0.601. The van der Waals surface area contributed by atoms with Crippen LogP contribution in [0.5, 0.6) is 0 Å². The maximum atomic E-state index is 2.45. The second-order valence-electron chi connectivity index (χ2n) is 4.36. The van der Waals surface area contributed by atoms with E-state index in [1.165, 1.54) is 13.0 Å². The zero-order valence-corrected chi connectivity index (χ0v) is 8.80. The molecule has 70 valence electrons. The summed E-state index contributed by atoms with van der Waals surface area (Å²) in [6, 6.07) is 0.